The summed E-state index contributed by atoms with van der Waals surface area (Å²) in [5.74, 6) is -0.245. The van der Waals surface area contributed by atoms with Crippen LogP contribution in [0, 0.1) is 5.82 Å². The highest BCUT2D eigenvalue weighted by atomic mass is 19.1. The fourth-order valence-corrected chi connectivity index (χ4v) is 2.26. The number of hydrogen-bond donors (Lipinski definition) is 1. The molecule has 0 bridgehead atoms. The van der Waals surface area contributed by atoms with Crippen molar-refractivity contribution in [3.8, 4) is 0 Å². The van der Waals surface area contributed by atoms with Gasteiger partial charge in [-0.25, -0.2) is 4.39 Å². The third kappa shape index (κ3) is 2.11. The molecule has 2 N–H and O–H groups in total. The maximum absolute atomic E-state index is 13.6. The highest BCUT2D eigenvalue weighted by Crippen LogP contribution is 2.35. The number of nitrogens with two attached hydrogens (primary N) is 1. The van der Waals surface area contributed by atoms with Gasteiger partial charge in [-0.15, -0.1) is 0 Å². The molecule has 2 atom stereocenters. The molecule has 0 aliphatic carbocycles. The molecule has 2 unspecified atom stereocenters. The molecule has 88 valence electrons. The van der Waals surface area contributed by atoms with Crippen LogP contribution in [0.3, 0.4) is 0 Å². The Morgan fingerprint density at radius 1 is 1.38 bits per heavy atom. The van der Waals surface area contributed by atoms with Gasteiger partial charge in [0.15, 0.2) is 0 Å². The SMILES string of the molecule is CC1(C(N)c2ccccc2F)CCCCO1. The number of rotatable bonds is 2. The van der Waals surface area contributed by atoms with Gasteiger partial charge in [0.1, 0.15) is 5.82 Å². The first-order valence-corrected chi connectivity index (χ1v) is 5.77. The maximum atomic E-state index is 13.6. The topological polar surface area (TPSA) is 35.2 Å². The number of ether oxygens (including phenoxy) is 1. The van der Waals surface area contributed by atoms with Crippen LogP contribution in [0.15, 0.2) is 24.3 Å². The highest BCUT2D eigenvalue weighted by molar-refractivity contribution is 5.23. The zero-order valence-corrected chi connectivity index (χ0v) is 9.58. The van der Waals surface area contributed by atoms with Gasteiger partial charge in [0.05, 0.1) is 11.6 Å². The quantitative estimate of drug-likeness (QED) is 0.836. The smallest absolute Gasteiger partial charge is 0.128 e. The first-order chi connectivity index (χ1) is 7.63. The van der Waals surface area contributed by atoms with Crippen molar-refractivity contribution in [2.75, 3.05) is 6.61 Å². The molecule has 1 heterocycles. The largest absolute Gasteiger partial charge is 0.373 e. The summed E-state index contributed by atoms with van der Waals surface area (Å²) in [5.41, 5.74) is 6.26. The number of hydrogen-bond acceptors (Lipinski definition) is 2. The monoisotopic (exact) mass is 223 g/mol. The minimum Gasteiger partial charge on any atom is -0.373 e. The average molecular weight is 223 g/mol. The van der Waals surface area contributed by atoms with Crippen LogP contribution in [0.2, 0.25) is 0 Å². The molecule has 1 fully saturated rings. The molecule has 1 saturated heterocycles. The van der Waals surface area contributed by atoms with Gasteiger partial charge in [-0.05, 0) is 32.3 Å². The van der Waals surface area contributed by atoms with Crippen LogP contribution in [0.1, 0.15) is 37.8 Å². The van der Waals surface area contributed by atoms with E-state index in [-0.39, 0.29) is 5.82 Å². The van der Waals surface area contributed by atoms with E-state index in [1.165, 1.54) is 6.07 Å². The van der Waals surface area contributed by atoms with Gasteiger partial charge in [-0.1, -0.05) is 18.2 Å². The zero-order chi connectivity index (χ0) is 11.6. The Kier molecular flexibility index (Phi) is 3.26. The van der Waals surface area contributed by atoms with E-state index in [4.69, 9.17) is 10.5 Å². The standard InChI is InChI=1S/C13H18FNO/c1-13(8-4-5-9-16-13)12(15)10-6-2-3-7-11(10)14/h2-3,6-7,12H,4-5,8-9,15H2,1H3. The summed E-state index contributed by atoms with van der Waals surface area (Å²) in [4.78, 5) is 0. The molecular formula is C13H18FNO. The van der Waals surface area contributed by atoms with Crippen molar-refractivity contribution in [2.45, 2.75) is 37.8 Å². The molecule has 0 spiro atoms. The fourth-order valence-electron chi connectivity index (χ4n) is 2.26. The predicted octanol–water partition coefficient (Wildman–Crippen LogP) is 2.78. The van der Waals surface area contributed by atoms with Gasteiger partial charge >= 0.3 is 0 Å². The van der Waals surface area contributed by atoms with Gasteiger partial charge in [-0.2, -0.15) is 0 Å². The predicted molar refractivity (Wildman–Crippen MR) is 61.5 cm³/mol. The van der Waals surface area contributed by atoms with Gasteiger partial charge in [0, 0.05) is 12.2 Å². The molecule has 2 rings (SSSR count). The molecule has 0 amide bonds. The number of halogens is 1. The summed E-state index contributed by atoms with van der Waals surface area (Å²) in [7, 11) is 0. The molecule has 0 saturated carbocycles. The minimum atomic E-state index is -0.430. The highest BCUT2D eigenvalue weighted by Gasteiger charge is 2.36. The Bertz CT molecular complexity index is 361. The van der Waals surface area contributed by atoms with E-state index in [0.717, 1.165) is 25.9 Å². The molecular weight excluding hydrogens is 205 g/mol. The van der Waals surface area contributed by atoms with Crippen LogP contribution < -0.4 is 5.73 Å². The van der Waals surface area contributed by atoms with E-state index in [1.54, 1.807) is 12.1 Å². The Morgan fingerprint density at radius 2 is 2.12 bits per heavy atom. The second-order valence-electron chi connectivity index (χ2n) is 4.62. The Morgan fingerprint density at radius 3 is 2.75 bits per heavy atom. The lowest BCUT2D eigenvalue weighted by Gasteiger charge is -2.39. The van der Waals surface area contributed by atoms with Crippen molar-refractivity contribution in [1.29, 1.82) is 0 Å². The van der Waals surface area contributed by atoms with E-state index in [2.05, 4.69) is 0 Å². The normalized spacial score (nSPS) is 27.7. The maximum Gasteiger partial charge on any atom is 0.128 e. The molecule has 0 radical (unpaired) electrons. The summed E-state index contributed by atoms with van der Waals surface area (Å²) >= 11 is 0. The Balaban J connectivity index is 2.24. The lowest BCUT2D eigenvalue weighted by atomic mass is 9.84. The first kappa shape index (κ1) is 11.6. The van der Waals surface area contributed by atoms with Crippen molar-refractivity contribution in [2.24, 2.45) is 5.73 Å². The van der Waals surface area contributed by atoms with Crippen LogP contribution in [-0.4, -0.2) is 12.2 Å². The van der Waals surface area contributed by atoms with Crippen molar-refractivity contribution < 1.29 is 9.13 Å². The van der Waals surface area contributed by atoms with Crippen LogP contribution >= 0.6 is 0 Å². The summed E-state index contributed by atoms with van der Waals surface area (Å²) < 4.78 is 19.4. The van der Waals surface area contributed by atoms with Gasteiger partial charge in [-0.3, -0.25) is 0 Å². The number of benzene rings is 1. The van der Waals surface area contributed by atoms with E-state index < -0.39 is 11.6 Å². The summed E-state index contributed by atoms with van der Waals surface area (Å²) in [5, 5.41) is 0. The lowest BCUT2D eigenvalue weighted by molar-refractivity contribution is -0.0826. The molecule has 1 aliphatic heterocycles. The summed E-state index contributed by atoms with van der Waals surface area (Å²) in [6, 6.07) is 6.28. The van der Waals surface area contributed by atoms with Crippen LogP contribution in [0.4, 0.5) is 4.39 Å². The molecule has 1 aromatic carbocycles. The van der Waals surface area contributed by atoms with Gasteiger partial charge in [0.25, 0.3) is 0 Å². The van der Waals surface area contributed by atoms with E-state index in [9.17, 15) is 4.39 Å². The fraction of sp³-hybridized carbons (Fsp3) is 0.538. The summed E-state index contributed by atoms with van der Waals surface area (Å²) in [6.07, 6.45) is 3.06. The van der Waals surface area contributed by atoms with Crippen LogP contribution in [0.25, 0.3) is 0 Å². The third-order valence-corrected chi connectivity index (χ3v) is 3.40. The molecule has 16 heavy (non-hydrogen) atoms. The van der Waals surface area contributed by atoms with E-state index in [0.29, 0.717) is 5.56 Å². The minimum absolute atomic E-state index is 0.245. The lowest BCUT2D eigenvalue weighted by Crippen LogP contribution is -2.43. The van der Waals surface area contributed by atoms with Crippen LogP contribution in [-0.2, 0) is 4.74 Å². The molecule has 3 heteroatoms. The van der Waals surface area contributed by atoms with Crippen molar-refractivity contribution in [1.82, 2.24) is 0 Å². The second kappa shape index (κ2) is 4.52. The van der Waals surface area contributed by atoms with Crippen molar-refractivity contribution in [3.63, 3.8) is 0 Å². The van der Waals surface area contributed by atoms with E-state index >= 15 is 0 Å². The van der Waals surface area contributed by atoms with Crippen molar-refractivity contribution in [3.05, 3.63) is 35.6 Å². The zero-order valence-electron chi connectivity index (χ0n) is 9.58. The Labute approximate surface area is 95.6 Å². The second-order valence-corrected chi connectivity index (χ2v) is 4.62. The first-order valence-electron chi connectivity index (χ1n) is 5.77. The van der Waals surface area contributed by atoms with Crippen LogP contribution in [0.5, 0.6) is 0 Å². The van der Waals surface area contributed by atoms with Gasteiger partial charge in [0.2, 0.25) is 0 Å². The summed E-state index contributed by atoms with van der Waals surface area (Å²) in [6.45, 7) is 2.70. The van der Waals surface area contributed by atoms with E-state index in [1.807, 2.05) is 13.0 Å². The van der Waals surface area contributed by atoms with Gasteiger partial charge < -0.3 is 10.5 Å². The Hall–Kier alpha value is -0.930. The molecule has 1 aromatic rings. The molecule has 2 nitrogen and oxygen atoms in total. The van der Waals surface area contributed by atoms with Crippen molar-refractivity contribution >= 4 is 0 Å². The molecule has 0 aromatic heterocycles. The molecule has 1 aliphatic rings. The third-order valence-electron chi connectivity index (χ3n) is 3.40. The average Bonchev–Trinajstić information content (AvgIpc) is 2.30.